The van der Waals surface area contributed by atoms with Gasteiger partial charge in [-0.2, -0.15) is 0 Å². The molecule has 0 bridgehead atoms. The molecule has 5 nitrogen and oxygen atoms in total. The fourth-order valence-electron chi connectivity index (χ4n) is 2.65. The van der Waals surface area contributed by atoms with Crippen LogP contribution in [0.4, 0.5) is 0 Å². The fraction of sp³-hybridized carbons (Fsp3) is 0.263. The summed E-state index contributed by atoms with van der Waals surface area (Å²) < 4.78 is 9.24. The van der Waals surface area contributed by atoms with Gasteiger partial charge in [0, 0.05) is 40.4 Å². The number of hydrogen-bond donors (Lipinski definition) is 0. The summed E-state index contributed by atoms with van der Waals surface area (Å²) >= 11 is 13.7. The highest BCUT2D eigenvalue weighted by molar-refractivity contribution is 7.99. The minimum absolute atomic E-state index is 0.00414. The van der Waals surface area contributed by atoms with Crippen LogP contribution in [0.3, 0.4) is 0 Å². The van der Waals surface area contributed by atoms with Crippen LogP contribution < -0.4 is 10.4 Å². The molecule has 0 unspecified atom stereocenters. The van der Waals surface area contributed by atoms with Crippen molar-refractivity contribution in [2.75, 3.05) is 0 Å². The van der Waals surface area contributed by atoms with E-state index in [0.29, 0.717) is 15.8 Å². The molecule has 0 amide bonds. The highest BCUT2D eigenvalue weighted by Crippen LogP contribution is 2.35. The molecule has 0 radical (unpaired) electrons. The topological polar surface area (TPSA) is 49.0 Å². The van der Waals surface area contributed by atoms with Crippen molar-refractivity contribution in [1.29, 1.82) is 0 Å². The first-order valence-electron chi connectivity index (χ1n) is 8.33. The van der Waals surface area contributed by atoms with Gasteiger partial charge in [-0.1, -0.05) is 35.0 Å². The largest absolute Gasteiger partial charge is 0.487 e. The summed E-state index contributed by atoms with van der Waals surface area (Å²) in [4.78, 5) is 17.6. The van der Waals surface area contributed by atoms with Gasteiger partial charge in [-0.05, 0) is 44.2 Å². The Labute approximate surface area is 171 Å². The quantitative estimate of drug-likeness (QED) is 0.546. The van der Waals surface area contributed by atoms with Gasteiger partial charge >= 0.3 is 5.69 Å². The average molecular weight is 424 g/mol. The number of imidazole rings is 1. The molecular weight excluding hydrogens is 405 g/mol. The Kier molecular flexibility index (Phi) is 6.19. The van der Waals surface area contributed by atoms with Crippen LogP contribution in [0.25, 0.3) is 0 Å². The lowest BCUT2D eigenvalue weighted by Gasteiger charge is -2.13. The van der Waals surface area contributed by atoms with Gasteiger partial charge in [0.05, 0.1) is 5.69 Å². The van der Waals surface area contributed by atoms with Crippen LogP contribution in [0.5, 0.6) is 5.75 Å². The Bertz CT molecular complexity index is 980. The van der Waals surface area contributed by atoms with Crippen LogP contribution in [0.2, 0.25) is 10.0 Å². The van der Waals surface area contributed by atoms with E-state index in [9.17, 15) is 4.79 Å². The molecule has 3 aromatic rings. The standard InChI is InChI=1S/C19H19Cl2N3O2S/c1-12(2)24-18(27-16-9-13(20)8-14(21)10-16)17(23(3)19(24)25)11-26-15-4-6-22-7-5-15/h4-10,12H,11H2,1-3H3. The average Bonchev–Trinajstić information content (AvgIpc) is 2.83. The molecule has 0 saturated heterocycles. The van der Waals surface area contributed by atoms with Gasteiger partial charge in [0.25, 0.3) is 0 Å². The Morgan fingerprint density at radius 1 is 1.15 bits per heavy atom. The maximum Gasteiger partial charge on any atom is 0.329 e. The van der Waals surface area contributed by atoms with E-state index in [1.807, 2.05) is 26.0 Å². The van der Waals surface area contributed by atoms with Gasteiger partial charge in [-0.25, -0.2) is 4.79 Å². The minimum atomic E-state index is -0.0889. The second-order valence-corrected chi connectivity index (χ2v) is 8.17. The first-order valence-corrected chi connectivity index (χ1v) is 9.91. The summed E-state index contributed by atoms with van der Waals surface area (Å²) in [6.45, 7) is 4.21. The molecule has 0 fully saturated rings. The third-order valence-electron chi connectivity index (χ3n) is 3.96. The van der Waals surface area contributed by atoms with Crippen molar-refractivity contribution in [2.45, 2.75) is 36.4 Å². The van der Waals surface area contributed by atoms with Gasteiger partial charge in [-0.15, -0.1) is 0 Å². The van der Waals surface area contributed by atoms with Crippen molar-refractivity contribution < 1.29 is 4.74 Å². The molecule has 3 rings (SSSR count). The monoisotopic (exact) mass is 423 g/mol. The Morgan fingerprint density at radius 3 is 2.37 bits per heavy atom. The Morgan fingerprint density at radius 2 is 1.78 bits per heavy atom. The van der Waals surface area contributed by atoms with Gasteiger partial charge in [-0.3, -0.25) is 14.1 Å². The van der Waals surface area contributed by atoms with Gasteiger partial charge in [0.2, 0.25) is 0 Å². The zero-order valence-corrected chi connectivity index (χ0v) is 17.5. The molecule has 8 heteroatoms. The van der Waals surface area contributed by atoms with E-state index >= 15 is 0 Å². The SMILES string of the molecule is CC(C)n1c(Sc2cc(Cl)cc(Cl)c2)c(COc2ccncc2)n(C)c1=O. The van der Waals surface area contributed by atoms with Crippen LogP contribution in [0.15, 0.2) is 57.4 Å². The number of rotatable bonds is 6. The number of aromatic nitrogens is 3. The molecule has 0 aliphatic carbocycles. The second kappa shape index (κ2) is 8.42. The highest BCUT2D eigenvalue weighted by atomic mass is 35.5. The van der Waals surface area contributed by atoms with E-state index in [-0.39, 0.29) is 18.3 Å². The van der Waals surface area contributed by atoms with E-state index in [2.05, 4.69) is 4.98 Å². The zero-order chi connectivity index (χ0) is 19.6. The fourth-order valence-corrected chi connectivity index (χ4v) is 4.61. The Balaban J connectivity index is 2.01. The molecule has 27 heavy (non-hydrogen) atoms. The molecule has 0 saturated carbocycles. The Hall–Kier alpha value is -1.89. The van der Waals surface area contributed by atoms with Crippen molar-refractivity contribution in [3.63, 3.8) is 0 Å². The van der Waals surface area contributed by atoms with Crippen LogP contribution in [0.1, 0.15) is 25.6 Å². The van der Waals surface area contributed by atoms with E-state index < -0.39 is 0 Å². The molecule has 142 valence electrons. The van der Waals surface area contributed by atoms with E-state index in [4.69, 9.17) is 27.9 Å². The number of nitrogens with zero attached hydrogens (tertiary/aromatic N) is 3. The maximum atomic E-state index is 12.8. The molecule has 0 spiro atoms. The van der Waals surface area contributed by atoms with E-state index in [1.165, 1.54) is 11.8 Å². The van der Waals surface area contributed by atoms with Crippen molar-refractivity contribution in [2.24, 2.45) is 7.05 Å². The predicted molar refractivity (Wildman–Crippen MR) is 109 cm³/mol. The van der Waals surface area contributed by atoms with Gasteiger partial charge in [0.1, 0.15) is 17.4 Å². The van der Waals surface area contributed by atoms with Gasteiger partial charge < -0.3 is 4.74 Å². The molecule has 0 aliphatic rings. The molecule has 2 aromatic heterocycles. The smallest absolute Gasteiger partial charge is 0.329 e. The molecule has 0 aliphatic heterocycles. The van der Waals surface area contributed by atoms with Gasteiger partial charge in [0.15, 0.2) is 0 Å². The summed E-state index contributed by atoms with van der Waals surface area (Å²) in [7, 11) is 1.75. The van der Waals surface area contributed by atoms with Crippen LogP contribution in [0, 0.1) is 0 Å². The lowest BCUT2D eigenvalue weighted by molar-refractivity contribution is 0.292. The lowest BCUT2D eigenvalue weighted by atomic mass is 10.4. The van der Waals surface area contributed by atoms with Crippen molar-refractivity contribution >= 4 is 35.0 Å². The normalized spacial score (nSPS) is 11.2. The number of halogens is 2. The third-order valence-corrected chi connectivity index (χ3v) is 5.49. The van der Waals surface area contributed by atoms with Crippen LogP contribution >= 0.6 is 35.0 Å². The molecular formula is C19H19Cl2N3O2S. The lowest BCUT2D eigenvalue weighted by Crippen LogP contribution is -2.24. The number of benzene rings is 1. The zero-order valence-electron chi connectivity index (χ0n) is 15.1. The second-order valence-electron chi connectivity index (χ2n) is 6.24. The predicted octanol–water partition coefficient (Wildman–Crippen LogP) is 5.20. The third kappa shape index (κ3) is 4.51. The van der Waals surface area contributed by atoms with Crippen molar-refractivity contribution in [3.8, 4) is 5.75 Å². The maximum absolute atomic E-state index is 12.8. The molecule has 1 aromatic carbocycles. The number of hydrogen-bond acceptors (Lipinski definition) is 4. The number of pyridine rings is 1. The molecule has 0 atom stereocenters. The summed E-state index contributed by atoms with van der Waals surface area (Å²) in [6.07, 6.45) is 3.33. The van der Waals surface area contributed by atoms with E-state index in [1.54, 1.807) is 46.8 Å². The van der Waals surface area contributed by atoms with Crippen molar-refractivity contribution in [3.05, 3.63) is 68.9 Å². The summed E-state index contributed by atoms with van der Waals surface area (Å²) in [5, 5.41) is 1.91. The molecule has 0 N–H and O–H groups in total. The summed E-state index contributed by atoms with van der Waals surface area (Å²) in [5.74, 6) is 0.691. The van der Waals surface area contributed by atoms with E-state index in [0.717, 1.165) is 15.6 Å². The molecule has 2 heterocycles. The summed E-state index contributed by atoms with van der Waals surface area (Å²) in [6, 6.07) is 8.89. The van der Waals surface area contributed by atoms with Crippen molar-refractivity contribution in [1.82, 2.24) is 14.1 Å². The van der Waals surface area contributed by atoms with Crippen LogP contribution in [-0.2, 0) is 13.7 Å². The first-order chi connectivity index (χ1) is 12.9. The minimum Gasteiger partial charge on any atom is -0.487 e. The number of ether oxygens (including phenoxy) is 1. The highest BCUT2D eigenvalue weighted by Gasteiger charge is 2.21. The first kappa shape index (κ1) is 19.9. The summed E-state index contributed by atoms with van der Waals surface area (Å²) in [5.41, 5.74) is 0.695. The van der Waals surface area contributed by atoms with Crippen LogP contribution in [-0.4, -0.2) is 14.1 Å².